The lowest BCUT2D eigenvalue weighted by molar-refractivity contribution is -0.192. The molecule has 1 aromatic rings. The quantitative estimate of drug-likeness (QED) is 0.641. The average Bonchev–Trinajstić information content (AvgIpc) is 3.38. The largest absolute Gasteiger partial charge is 0.490 e. The number of alkyl halides is 3. The minimum Gasteiger partial charge on any atom is -0.475 e. The Kier molecular flexibility index (Phi) is 6.66. The Hall–Kier alpha value is -1.76. The van der Waals surface area contributed by atoms with E-state index in [4.69, 9.17) is 9.90 Å². The first-order valence-electron chi connectivity index (χ1n) is 9.80. The summed E-state index contributed by atoms with van der Waals surface area (Å²) in [6.07, 6.45) is -1.78. The molecule has 3 aliphatic rings. The number of aliphatic carboxylic acids is 1. The lowest BCUT2D eigenvalue weighted by Crippen LogP contribution is -2.69. The molecular weight excluding hydrogens is 444 g/mol. The highest BCUT2D eigenvalue weighted by Crippen LogP contribution is 2.45. The Morgan fingerprint density at radius 2 is 1.74 bits per heavy atom. The molecule has 4 rings (SSSR count). The Bertz CT molecular complexity index is 914. The predicted octanol–water partition coefficient (Wildman–Crippen LogP) is 1.93. The summed E-state index contributed by atoms with van der Waals surface area (Å²) in [6.45, 7) is 2.76. The summed E-state index contributed by atoms with van der Waals surface area (Å²) in [4.78, 5) is 11.0. The van der Waals surface area contributed by atoms with Crippen LogP contribution in [0, 0.1) is 17.7 Å². The van der Waals surface area contributed by atoms with E-state index < -0.39 is 28.0 Å². The molecule has 1 saturated carbocycles. The van der Waals surface area contributed by atoms with Gasteiger partial charge >= 0.3 is 12.1 Å². The monoisotopic (exact) mass is 468 g/mol. The van der Waals surface area contributed by atoms with Gasteiger partial charge in [-0.3, -0.25) is 4.90 Å². The van der Waals surface area contributed by atoms with Crippen molar-refractivity contribution in [1.82, 2.24) is 9.21 Å². The van der Waals surface area contributed by atoms with Crippen LogP contribution < -0.4 is 0 Å². The van der Waals surface area contributed by atoms with E-state index in [2.05, 4.69) is 4.90 Å². The maximum atomic E-state index is 13.9. The van der Waals surface area contributed by atoms with Crippen molar-refractivity contribution in [2.75, 3.05) is 32.8 Å². The Morgan fingerprint density at radius 3 is 2.23 bits per heavy atom. The molecule has 2 N–H and O–H groups in total. The number of likely N-dealkylation sites (tertiary alicyclic amines) is 1. The molecule has 7 nitrogen and oxygen atoms in total. The third-order valence-electron chi connectivity index (χ3n) is 5.89. The van der Waals surface area contributed by atoms with E-state index in [-0.39, 0.29) is 23.0 Å². The number of hydrogen-bond donors (Lipinski definition) is 2. The lowest BCUT2D eigenvalue weighted by Gasteiger charge is -2.52. The number of carbonyl (C=O) groups is 1. The summed E-state index contributed by atoms with van der Waals surface area (Å²) in [7, 11) is -3.79. The minimum absolute atomic E-state index is 0.142. The zero-order valence-corrected chi connectivity index (χ0v) is 17.4. The van der Waals surface area contributed by atoms with E-state index in [1.807, 2.05) is 0 Å². The summed E-state index contributed by atoms with van der Waals surface area (Å²) in [5.74, 6) is -2.53. The van der Waals surface area contributed by atoms with Gasteiger partial charge in [-0.1, -0.05) is 12.1 Å². The predicted molar refractivity (Wildman–Crippen MR) is 101 cm³/mol. The van der Waals surface area contributed by atoms with Gasteiger partial charge in [-0.05, 0) is 43.2 Å². The van der Waals surface area contributed by atoms with Crippen LogP contribution in [0.4, 0.5) is 17.6 Å². The van der Waals surface area contributed by atoms with Crippen molar-refractivity contribution in [3.63, 3.8) is 0 Å². The number of aliphatic hydroxyl groups is 1. The molecule has 1 unspecified atom stereocenters. The van der Waals surface area contributed by atoms with Gasteiger partial charge in [-0.25, -0.2) is 17.6 Å². The smallest absolute Gasteiger partial charge is 0.475 e. The van der Waals surface area contributed by atoms with E-state index in [1.165, 1.54) is 35.3 Å². The van der Waals surface area contributed by atoms with Gasteiger partial charge in [0.2, 0.25) is 10.0 Å². The molecule has 2 heterocycles. The number of carboxylic acid groups (broad SMARTS) is 1. The first kappa shape index (κ1) is 23.9. The number of benzene rings is 1. The highest BCUT2D eigenvalue weighted by Gasteiger charge is 2.57. The molecule has 31 heavy (non-hydrogen) atoms. The number of nitrogens with zero attached hydrogens (tertiary/aromatic N) is 2. The highest BCUT2D eigenvalue weighted by atomic mass is 32.2. The fourth-order valence-corrected chi connectivity index (χ4v) is 5.80. The third-order valence-corrected chi connectivity index (χ3v) is 7.72. The molecule has 1 aliphatic carbocycles. The summed E-state index contributed by atoms with van der Waals surface area (Å²) < 4.78 is 72.4. The molecule has 3 fully saturated rings. The van der Waals surface area contributed by atoms with Crippen LogP contribution in [0.3, 0.4) is 0 Å². The number of aliphatic hydroxyl groups excluding tert-OH is 1. The second-order valence-corrected chi connectivity index (χ2v) is 10.2. The van der Waals surface area contributed by atoms with Gasteiger partial charge in [0.1, 0.15) is 10.7 Å². The van der Waals surface area contributed by atoms with Gasteiger partial charge in [0.25, 0.3) is 0 Å². The van der Waals surface area contributed by atoms with Gasteiger partial charge in [-0.15, -0.1) is 0 Å². The number of carboxylic acids is 1. The molecule has 2 saturated heterocycles. The van der Waals surface area contributed by atoms with Gasteiger partial charge < -0.3 is 10.2 Å². The summed E-state index contributed by atoms with van der Waals surface area (Å²) in [6, 6.07) is 5.54. The first-order valence-corrected chi connectivity index (χ1v) is 11.2. The fraction of sp³-hybridized carbons (Fsp3) is 0.632. The van der Waals surface area contributed by atoms with Gasteiger partial charge in [0, 0.05) is 38.3 Å². The van der Waals surface area contributed by atoms with Gasteiger partial charge in [0.05, 0.1) is 0 Å². The fourth-order valence-electron chi connectivity index (χ4n) is 4.14. The lowest BCUT2D eigenvalue weighted by atomic mass is 9.86. The molecule has 1 aromatic carbocycles. The first-order chi connectivity index (χ1) is 14.4. The van der Waals surface area contributed by atoms with Gasteiger partial charge in [0.15, 0.2) is 0 Å². The maximum Gasteiger partial charge on any atom is 0.490 e. The molecule has 1 atom stereocenters. The standard InChI is InChI=1S/C17H23FN2O3S.C2HF3O2/c18-15-3-1-2-4-16(15)24(22,23)20-11-17(12-20)7-14(10-21)9-19(17)8-13-5-6-13;3-2(4,5)1(6)7/h1-4,13-14,21H,5-12H2;(H,6,7). The number of halogens is 4. The summed E-state index contributed by atoms with van der Waals surface area (Å²) in [5, 5.41) is 16.6. The van der Waals surface area contributed by atoms with Crippen LogP contribution in [0.15, 0.2) is 29.2 Å². The molecule has 12 heteroatoms. The Labute approximate surface area is 177 Å². The van der Waals surface area contributed by atoms with Crippen molar-refractivity contribution >= 4 is 16.0 Å². The number of rotatable bonds is 5. The summed E-state index contributed by atoms with van der Waals surface area (Å²) >= 11 is 0. The van der Waals surface area contributed by atoms with E-state index >= 15 is 0 Å². The summed E-state index contributed by atoms with van der Waals surface area (Å²) in [5.41, 5.74) is -0.172. The second-order valence-electron chi connectivity index (χ2n) is 8.33. The van der Waals surface area contributed by atoms with Crippen LogP contribution in [0.1, 0.15) is 19.3 Å². The average molecular weight is 468 g/mol. The molecule has 0 radical (unpaired) electrons. The molecule has 0 bridgehead atoms. The van der Waals surface area contributed by atoms with Crippen molar-refractivity contribution in [1.29, 1.82) is 0 Å². The van der Waals surface area contributed by atoms with Crippen molar-refractivity contribution in [3.05, 3.63) is 30.1 Å². The van der Waals surface area contributed by atoms with Crippen LogP contribution in [0.2, 0.25) is 0 Å². The third kappa shape index (κ3) is 5.18. The maximum absolute atomic E-state index is 13.9. The molecule has 174 valence electrons. The van der Waals surface area contributed by atoms with E-state index in [9.17, 15) is 31.1 Å². The van der Waals surface area contributed by atoms with Crippen LogP contribution >= 0.6 is 0 Å². The molecule has 2 aliphatic heterocycles. The zero-order valence-electron chi connectivity index (χ0n) is 16.6. The molecule has 1 spiro atoms. The van der Waals surface area contributed by atoms with Crippen LogP contribution in [-0.2, 0) is 14.8 Å². The van der Waals surface area contributed by atoms with Gasteiger partial charge in [-0.2, -0.15) is 17.5 Å². The van der Waals surface area contributed by atoms with Crippen molar-refractivity contribution in [3.8, 4) is 0 Å². The Morgan fingerprint density at radius 1 is 1.16 bits per heavy atom. The highest BCUT2D eigenvalue weighted by molar-refractivity contribution is 7.89. The van der Waals surface area contributed by atoms with Crippen molar-refractivity contribution in [2.24, 2.45) is 11.8 Å². The Balaban J connectivity index is 0.000000339. The number of sulfonamides is 1. The minimum atomic E-state index is -5.08. The second kappa shape index (κ2) is 8.64. The van der Waals surface area contributed by atoms with Crippen LogP contribution in [-0.4, -0.2) is 78.3 Å². The van der Waals surface area contributed by atoms with E-state index in [0.717, 1.165) is 25.4 Å². The topological polar surface area (TPSA) is 98.1 Å². The molecular formula is C19H24F4N2O5S. The van der Waals surface area contributed by atoms with Crippen molar-refractivity contribution in [2.45, 2.75) is 35.9 Å². The zero-order chi connectivity index (χ0) is 23.0. The van der Waals surface area contributed by atoms with Crippen molar-refractivity contribution < 1.29 is 41.0 Å². The van der Waals surface area contributed by atoms with Crippen LogP contribution in [0.25, 0.3) is 0 Å². The molecule has 0 aromatic heterocycles. The molecule has 0 amide bonds. The normalized spacial score (nSPS) is 23.8. The van der Waals surface area contributed by atoms with E-state index in [1.54, 1.807) is 6.07 Å². The SMILES string of the molecule is O=C(O)C(F)(F)F.O=S(=O)(c1ccccc1F)N1CC2(CC(CO)CN2CC2CC2)C1. The number of hydrogen-bond acceptors (Lipinski definition) is 5. The van der Waals surface area contributed by atoms with E-state index in [0.29, 0.717) is 13.1 Å². The van der Waals surface area contributed by atoms with Crippen LogP contribution in [0.5, 0.6) is 0 Å².